The third kappa shape index (κ3) is 4.14. The molecule has 3 aromatic carbocycles. The van der Waals surface area contributed by atoms with Gasteiger partial charge in [-0.1, -0.05) is 77.0 Å². The van der Waals surface area contributed by atoms with Crippen molar-refractivity contribution in [3.05, 3.63) is 101 Å². The lowest BCUT2D eigenvalue weighted by Crippen LogP contribution is -2.44. The molecule has 3 atom stereocenters. The zero-order valence-corrected chi connectivity index (χ0v) is 21.2. The van der Waals surface area contributed by atoms with E-state index in [0.717, 1.165) is 27.3 Å². The predicted molar refractivity (Wildman–Crippen MR) is 141 cm³/mol. The first-order valence-corrected chi connectivity index (χ1v) is 12.6. The molecule has 0 saturated carbocycles. The number of aryl methyl sites for hydroxylation is 1. The van der Waals surface area contributed by atoms with E-state index >= 15 is 0 Å². The summed E-state index contributed by atoms with van der Waals surface area (Å²) in [5, 5.41) is 16.1. The summed E-state index contributed by atoms with van der Waals surface area (Å²) < 4.78 is 0. The zero-order valence-electron chi connectivity index (χ0n) is 20.4. The van der Waals surface area contributed by atoms with Crippen molar-refractivity contribution in [2.24, 2.45) is 15.4 Å². The van der Waals surface area contributed by atoms with Crippen LogP contribution in [-0.4, -0.2) is 52.1 Å². The van der Waals surface area contributed by atoms with Crippen molar-refractivity contribution in [2.75, 3.05) is 11.4 Å². The minimum Gasteiger partial charge on any atom is -0.271 e. The van der Waals surface area contributed by atoms with Crippen molar-refractivity contribution in [1.82, 2.24) is 10.0 Å². The van der Waals surface area contributed by atoms with Crippen LogP contribution < -0.4 is 4.90 Å². The Morgan fingerprint density at radius 2 is 1.66 bits per heavy atom. The summed E-state index contributed by atoms with van der Waals surface area (Å²) in [4.78, 5) is 41.1. The van der Waals surface area contributed by atoms with Gasteiger partial charge >= 0.3 is 0 Å². The van der Waals surface area contributed by atoms with Crippen LogP contribution in [0.4, 0.5) is 5.69 Å². The lowest BCUT2D eigenvalue weighted by molar-refractivity contribution is -0.135. The van der Waals surface area contributed by atoms with Crippen molar-refractivity contribution >= 4 is 40.7 Å². The van der Waals surface area contributed by atoms with E-state index in [4.69, 9.17) is 11.6 Å². The van der Waals surface area contributed by atoms with Gasteiger partial charge in [-0.3, -0.25) is 19.4 Å². The van der Waals surface area contributed by atoms with Crippen LogP contribution in [0.3, 0.4) is 0 Å². The van der Waals surface area contributed by atoms with Gasteiger partial charge in [0.1, 0.15) is 6.54 Å². The second-order valence-corrected chi connectivity index (χ2v) is 9.90. The minimum absolute atomic E-state index is 0.244. The fraction of sp³-hybridized carbons (Fsp3) is 0.214. The molecule has 3 aromatic rings. The minimum atomic E-state index is -0.978. The average molecular weight is 527 g/mol. The normalized spacial score (nSPS) is 22.3. The quantitative estimate of drug-likeness (QED) is 0.462. The summed E-state index contributed by atoms with van der Waals surface area (Å²) in [7, 11) is 0. The number of anilines is 1. The third-order valence-corrected chi connectivity index (χ3v) is 7.23. The molecule has 3 heterocycles. The molecular formula is C28H23ClN6O3. The van der Waals surface area contributed by atoms with Crippen LogP contribution in [0.5, 0.6) is 0 Å². The van der Waals surface area contributed by atoms with Crippen molar-refractivity contribution < 1.29 is 14.4 Å². The van der Waals surface area contributed by atoms with Crippen molar-refractivity contribution in [3.63, 3.8) is 0 Å². The van der Waals surface area contributed by atoms with Gasteiger partial charge in [-0.25, -0.2) is 9.91 Å². The molecule has 38 heavy (non-hydrogen) atoms. The third-order valence-electron chi connectivity index (χ3n) is 6.98. The van der Waals surface area contributed by atoms with Gasteiger partial charge in [0.25, 0.3) is 17.7 Å². The first-order chi connectivity index (χ1) is 18.4. The summed E-state index contributed by atoms with van der Waals surface area (Å²) in [6.07, 6.45) is 0.517. The molecule has 3 aliphatic heterocycles. The monoisotopic (exact) mass is 526 g/mol. The van der Waals surface area contributed by atoms with E-state index in [9.17, 15) is 14.4 Å². The van der Waals surface area contributed by atoms with Gasteiger partial charge in [-0.15, -0.1) is 0 Å². The Labute approximate surface area is 224 Å². The number of nitrogens with zero attached hydrogens (tertiary/aromatic N) is 6. The lowest BCUT2D eigenvalue weighted by Gasteiger charge is -2.25. The molecule has 0 spiro atoms. The van der Waals surface area contributed by atoms with Crippen molar-refractivity contribution in [1.29, 1.82) is 0 Å². The van der Waals surface area contributed by atoms with Crippen molar-refractivity contribution in [3.8, 4) is 0 Å². The molecule has 6 rings (SSSR count). The van der Waals surface area contributed by atoms with Gasteiger partial charge in [0.05, 0.1) is 17.4 Å². The smallest absolute Gasteiger partial charge is 0.264 e. The van der Waals surface area contributed by atoms with Crippen LogP contribution in [0.2, 0.25) is 5.02 Å². The maximum Gasteiger partial charge on any atom is 0.264 e. The molecular weight excluding hydrogens is 504 g/mol. The van der Waals surface area contributed by atoms with E-state index in [0.29, 0.717) is 17.1 Å². The Hall–Kier alpha value is -4.37. The number of rotatable bonds is 5. The van der Waals surface area contributed by atoms with Gasteiger partial charge < -0.3 is 0 Å². The fourth-order valence-electron chi connectivity index (χ4n) is 5.01. The molecule has 0 aromatic heterocycles. The molecule has 10 heteroatoms. The number of hydrogen-bond donors (Lipinski definition) is 0. The number of hydrogen-bond acceptors (Lipinski definition) is 7. The summed E-state index contributed by atoms with van der Waals surface area (Å²) in [5.74, 6) is -1.25. The second-order valence-electron chi connectivity index (χ2n) is 9.46. The van der Waals surface area contributed by atoms with E-state index in [1.165, 1.54) is 10.0 Å². The highest BCUT2D eigenvalue weighted by Crippen LogP contribution is 2.35. The molecule has 0 bridgehead atoms. The highest BCUT2D eigenvalue weighted by Gasteiger charge is 2.55. The summed E-state index contributed by atoms with van der Waals surface area (Å²) in [6.45, 7) is 1.68. The topological polar surface area (TPSA) is 98.0 Å². The van der Waals surface area contributed by atoms with E-state index in [2.05, 4.69) is 15.4 Å². The van der Waals surface area contributed by atoms with Gasteiger partial charge in [-0.2, -0.15) is 10.2 Å². The summed E-state index contributed by atoms with van der Waals surface area (Å²) >= 11 is 6.06. The van der Waals surface area contributed by atoms with Crippen LogP contribution in [0.15, 0.2) is 94.3 Å². The summed E-state index contributed by atoms with van der Waals surface area (Å²) in [5.41, 5.74) is 4.05. The molecule has 0 unspecified atom stereocenters. The van der Waals surface area contributed by atoms with Crippen LogP contribution in [0.25, 0.3) is 0 Å². The fourth-order valence-corrected chi connectivity index (χ4v) is 5.13. The van der Waals surface area contributed by atoms with Gasteiger partial charge in [0.2, 0.25) is 0 Å². The largest absolute Gasteiger partial charge is 0.271 e. The Balaban J connectivity index is 1.25. The molecule has 0 N–H and O–H groups in total. The number of hydrazone groups is 1. The van der Waals surface area contributed by atoms with Gasteiger partial charge in [0, 0.05) is 11.4 Å². The Morgan fingerprint density at radius 3 is 2.37 bits per heavy atom. The van der Waals surface area contributed by atoms with Crippen LogP contribution in [0.1, 0.15) is 29.2 Å². The van der Waals surface area contributed by atoms with Gasteiger partial charge in [-0.05, 0) is 42.3 Å². The number of carbonyl (C=O) groups is 3. The van der Waals surface area contributed by atoms with Crippen molar-refractivity contribution in [2.45, 2.75) is 31.5 Å². The van der Waals surface area contributed by atoms with E-state index in [-0.39, 0.29) is 18.5 Å². The Bertz CT molecular complexity index is 1470. The number of halogens is 1. The molecule has 3 amide bonds. The number of fused-ring (bicyclic) bond motifs is 1. The van der Waals surface area contributed by atoms with Crippen LogP contribution >= 0.6 is 11.6 Å². The SMILES string of the molecule is Cc1ccc(N2C(=O)[C@@H]3N=NN(CC(=O)N4N=C(c5ccc(Cl)cc5)C[C@H]4c4ccccc4)[C@H]3C2=O)cc1. The molecule has 0 aliphatic carbocycles. The Kier molecular flexibility index (Phi) is 6.00. The maximum atomic E-state index is 13.6. The first kappa shape index (κ1) is 24.0. The second kappa shape index (κ2) is 9.50. The molecule has 1 saturated heterocycles. The summed E-state index contributed by atoms with van der Waals surface area (Å²) in [6, 6.07) is 21.8. The number of benzene rings is 3. The van der Waals surface area contributed by atoms with E-state index in [1.807, 2.05) is 61.5 Å². The molecule has 9 nitrogen and oxygen atoms in total. The van der Waals surface area contributed by atoms with Crippen LogP contribution in [0, 0.1) is 6.92 Å². The van der Waals surface area contributed by atoms with Crippen LogP contribution in [-0.2, 0) is 14.4 Å². The Morgan fingerprint density at radius 1 is 0.947 bits per heavy atom. The number of amides is 3. The molecule has 1 fully saturated rings. The van der Waals surface area contributed by atoms with E-state index in [1.54, 1.807) is 24.3 Å². The first-order valence-electron chi connectivity index (χ1n) is 12.2. The average Bonchev–Trinajstić information content (AvgIpc) is 3.61. The highest BCUT2D eigenvalue weighted by atomic mass is 35.5. The highest BCUT2D eigenvalue weighted by molar-refractivity contribution is 6.30. The standard InChI is InChI=1S/C28H23ClN6O3/c1-17-7-13-21(14-8-17)34-27(37)25-26(28(34)38)33(32-30-25)16-24(36)35-23(19-5-3-2-4-6-19)15-22(31-35)18-9-11-20(29)12-10-18/h2-14,23,25-26H,15-16H2,1H3/t23-,25+,26+/m0/s1. The molecule has 190 valence electrons. The number of carbonyl (C=O) groups excluding carboxylic acids is 3. The van der Waals surface area contributed by atoms with Gasteiger partial charge in [0.15, 0.2) is 12.1 Å². The lowest BCUT2D eigenvalue weighted by atomic mass is 9.98. The molecule has 3 aliphatic rings. The van der Waals surface area contributed by atoms with E-state index < -0.39 is 23.9 Å². The zero-order chi connectivity index (χ0) is 26.4. The number of imide groups is 1. The predicted octanol–water partition coefficient (Wildman–Crippen LogP) is 4.32. The molecule has 0 radical (unpaired) electrons. The maximum absolute atomic E-state index is 13.6.